The van der Waals surface area contributed by atoms with Gasteiger partial charge < -0.3 is 39.4 Å². The molecular weight excluding hydrogens is 608 g/mol. The molecule has 0 heterocycles. The van der Waals surface area contributed by atoms with E-state index < -0.39 is 0 Å². The number of rotatable bonds is 18. The second kappa shape index (κ2) is 20.5. The van der Waals surface area contributed by atoms with E-state index >= 15 is 0 Å². The predicted octanol–water partition coefficient (Wildman–Crippen LogP) is 8.92. The Morgan fingerprint density at radius 3 is 0.958 bits per heavy atom. The standard InChI is InChI=1S/C24H34O4.C16H18O4/c1-5-25-21-15-13-19(17-23(21)27-7-3)11-9-10-12-20-14-16-22(26-6-2)24(18-20)28-8-4;17-13-7-5-11(9-15(13)19)3-1-2-4-12-6-8-14(18)16(20)10-12/h13-18H,5-12H2,1-4H3;5-10,17-20H,1-4H2. The summed E-state index contributed by atoms with van der Waals surface area (Å²) in [5, 5.41) is 37.2. The Hall–Kier alpha value is -4.72. The average Bonchev–Trinajstić information content (AvgIpc) is 3.07. The first-order valence-corrected chi connectivity index (χ1v) is 17.1. The number of benzene rings is 4. The van der Waals surface area contributed by atoms with E-state index in [1.54, 1.807) is 24.3 Å². The molecule has 0 aliphatic rings. The Morgan fingerprint density at radius 1 is 0.354 bits per heavy atom. The van der Waals surface area contributed by atoms with Gasteiger partial charge in [-0.1, -0.05) is 24.3 Å². The van der Waals surface area contributed by atoms with E-state index in [-0.39, 0.29) is 23.0 Å². The third kappa shape index (κ3) is 12.5. The zero-order chi connectivity index (χ0) is 34.7. The van der Waals surface area contributed by atoms with Gasteiger partial charge in [-0.05, 0) is 150 Å². The van der Waals surface area contributed by atoms with E-state index in [1.165, 1.54) is 23.3 Å². The number of hydrogen-bond acceptors (Lipinski definition) is 8. The molecule has 4 aromatic carbocycles. The molecule has 0 saturated carbocycles. The fraction of sp³-hybridized carbons (Fsp3) is 0.400. The van der Waals surface area contributed by atoms with Crippen LogP contribution in [0.4, 0.5) is 0 Å². The van der Waals surface area contributed by atoms with Crippen LogP contribution in [-0.2, 0) is 25.7 Å². The van der Waals surface area contributed by atoms with Gasteiger partial charge in [-0.15, -0.1) is 0 Å². The van der Waals surface area contributed by atoms with Gasteiger partial charge in [-0.25, -0.2) is 0 Å². The van der Waals surface area contributed by atoms with Gasteiger partial charge in [0.1, 0.15) is 0 Å². The molecule has 48 heavy (non-hydrogen) atoms. The number of unbranched alkanes of at least 4 members (excludes halogenated alkanes) is 2. The molecule has 8 nitrogen and oxygen atoms in total. The summed E-state index contributed by atoms with van der Waals surface area (Å²) in [4.78, 5) is 0. The molecule has 0 atom stereocenters. The Labute approximate surface area is 285 Å². The first kappa shape index (κ1) is 37.7. The topological polar surface area (TPSA) is 118 Å². The molecule has 0 aliphatic carbocycles. The largest absolute Gasteiger partial charge is 0.504 e. The van der Waals surface area contributed by atoms with Crippen LogP contribution in [0.5, 0.6) is 46.0 Å². The maximum atomic E-state index is 9.39. The Morgan fingerprint density at radius 2 is 0.646 bits per heavy atom. The van der Waals surface area contributed by atoms with Crippen molar-refractivity contribution in [1.29, 1.82) is 0 Å². The highest BCUT2D eigenvalue weighted by molar-refractivity contribution is 5.44. The van der Waals surface area contributed by atoms with E-state index in [0.717, 1.165) is 85.5 Å². The fourth-order valence-corrected chi connectivity index (χ4v) is 5.27. The highest BCUT2D eigenvalue weighted by Gasteiger charge is 2.09. The van der Waals surface area contributed by atoms with Crippen molar-refractivity contribution in [3.05, 3.63) is 95.1 Å². The van der Waals surface area contributed by atoms with Crippen LogP contribution in [0.15, 0.2) is 72.8 Å². The van der Waals surface area contributed by atoms with E-state index in [9.17, 15) is 20.4 Å². The molecule has 0 radical (unpaired) electrons. The normalized spacial score (nSPS) is 10.6. The van der Waals surface area contributed by atoms with Crippen LogP contribution in [-0.4, -0.2) is 46.9 Å². The van der Waals surface area contributed by atoms with Gasteiger partial charge in [0, 0.05) is 0 Å². The third-order valence-corrected chi connectivity index (χ3v) is 7.66. The molecule has 4 aromatic rings. The van der Waals surface area contributed by atoms with Crippen LogP contribution < -0.4 is 18.9 Å². The summed E-state index contributed by atoms with van der Waals surface area (Å²) in [5.41, 5.74) is 4.53. The summed E-state index contributed by atoms with van der Waals surface area (Å²) >= 11 is 0. The molecule has 0 spiro atoms. The van der Waals surface area contributed by atoms with Gasteiger partial charge in [0.25, 0.3) is 0 Å². The molecule has 0 unspecified atom stereocenters. The van der Waals surface area contributed by atoms with Crippen molar-refractivity contribution in [2.45, 2.75) is 79.1 Å². The predicted molar refractivity (Wildman–Crippen MR) is 190 cm³/mol. The lowest BCUT2D eigenvalue weighted by Gasteiger charge is -2.13. The van der Waals surface area contributed by atoms with E-state index in [0.29, 0.717) is 26.4 Å². The highest BCUT2D eigenvalue weighted by atomic mass is 16.5. The number of phenolic OH excluding ortho intramolecular Hbond substituents is 4. The molecule has 8 heteroatoms. The summed E-state index contributed by atoms with van der Waals surface area (Å²) in [6, 6.07) is 22.2. The van der Waals surface area contributed by atoms with E-state index in [2.05, 4.69) is 24.3 Å². The van der Waals surface area contributed by atoms with Crippen molar-refractivity contribution < 1.29 is 39.4 Å². The van der Waals surface area contributed by atoms with Gasteiger partial charge in [0.2, 0.25) is 0 Å². The quantitative estimate of drug-likeness (QED) is 0.0617. The molecule has 0 aromatic heterocycles. The Kier molecular flexibility index (Phi) is 16.1. The van der Waals surface area contributed by atoms with Gasteiger partial charge >= 0.3 is 0 Å². The maximum absolute atomic E-state index is 9.39. The molecule has 0 fully saturated rings. The van der Waals surface area contributed by atoms with E-state index in [4.69, 9.17) is 18.9 Å². The zero-order valence-electron chi connectivity index (χ0n) is 28.8. The van der Waals surface area contributed by atoms with Crippen LogP contribution in [0, 0.1) is 0 Å². The van der Waals surface area contributed by atoms with Crippen LogP contribution in [0.3, 0.4) is 0 Å². The minimum absolute atomic E-state index is 0.0917. The summed E-state index contributed by atoms with van der Waals surface area (Å²) in [6.45, 7) is 10.5. The van der Waals surface area contributed by atoms with Gasteiger partial charge in [0.15, 0.2) is 46.0 Å². The molecule has 4 rings (SSSR count). The number of aromatic hydroxyl groups is 4. The summed E-state index contributed by atoms with van der Waals surface area (Å²) in [6.07, 6.45) is 7.81. The summed E-state index contributed by atoms with van der Waals surface area (Å²) in [5.74, 6) is 2.94. The van der Waals surface area contributed by atoms with E-state index in [1.807, 2.05) is 39.8 Å². The third-order valence-electron chi connectivity index (χ3n) is 7.66. The number of phenols is 4. The van der Waals surface area contributed by atoms with Crippen molar-refractivity contribution in [1.82, 2.24) is 0 Å². The summed E-state index contributed by atoms with van der Waals surface area (Å²) < 4.78 is 22.7. The molecule has 260 valence electrons. The van der Waals surface area contributed by atoms with Crippen molar-refractivity contribution in [3.8, 4) is 46.0 Å². The monoisotopic (exact) mass is 660 g/mol. The Balaban J connectivity index is 0.000000275. The van der Waals surface area contributed by atoms with Crippen molar-refractivity contribution in [2.24, 2.45) is 0 Å². The van der Waals surface area contributed by atoms with Crippen LogP contribution >= 0.6 is 0 Å². The first-order chi connectivity index (χ1) is 23.3. The number of hydrogen-bond donors (Lipinski definition) is 4. The molecule has 0 bridgehead atoms. The number of ether oxygens (including phenoxy) is 4. The van der Waals surface area contributed by atoms with Gasteiger partial charge in [0.05, 0.1) is 26.4 Å². The van der Waals surface area contributed by atoms with Crippen molar-refractivity contribution in [3.63, 3.8) is 0 Å². The minimum atomic E-state index is -0.103. The fourth-order valence-electron chi connectivity index (χ4n) is 5.27. The maximum Gasteiger partial charge on any atom is 0.161 e. The molecular formula is C40H52O8. The van der Waals surface area contributed by atoms with Gasteiger partial charge in [-0.3, -0.25) is 0 Å². The van der Waals surface area contributed by atoms with Crippen LogP contribution in [0.25, 0.3) is 0 Å². The second-order valence-corrected chi connectivity index (χ2v) is 11.4. The first-order valence-electron chi connectivity index (χ1n) is 17.1. The lowest BCUT2D eigenvalue weighted by atomic mass is 10.0. The minimum Gasteiger partial charge on any atom is -0.504 e. The van der Waals surface area contributed by atoms with Crippen LogP contribution in [0.1, 0.15) is 75.6 Å². The number of aryl methyl sites for hydroxylation is 4. The lowest BCUT2D eigenvalue weighted by molar-refractivity contribution is 0.287. The highest BCUT2D eigenvalue weighted by Crippen LogP contribution is 2.31. The van der Waals surface area contributed by atoms with Crippen molar-refractivity contribution >= 4 is 0 Å². The van der Waals surface area contributed by atoms with Crippen molar-refractivity contribution in [2.75, 3.05) is 26.4 Å². The summed E-state index contributed by atoms with van der Waals surface area (Å²) in [7, 11) is 0. The lowest BCUT2D eigenvalue weighted by Crippen LogP contribution is -2.00. The molecule has 0 saturated heterocycles. The second-order valence-electron chi connectivity index (χ2n) is 11.4. The Bertz CT molecular complexity index is 1420. The molecule has 0 amide bonds. The molecule has 4 N–H and O–H groups in total. The average molecular weight is 661 g/mol. The SMILES string of the molecule is CCOc1ccc(CCCCc2ccc(OCC)c(OCC)c2)cc1OCC.Oc1ccc(CCCCc2ccc(O)c(O)c2)cc1O. The molecule has 0 aliphatic heterocycles. The van der Waals surface area contributed by atoms with Crippen LogP contribution in [0.2, 0.25) is 0 Å². The zero-order valence-corrected chi connectivity index (χ0v) is 28.8. The smallest absolute Gasteiger partial charge is 0.161 e. The van der Waals surface area contributed by atoms with Gasteiger partial charge in [-0.2, -0.15) is 0 Å².